The Morgan fingerprint density at radius 2 is 1.84 bits per heavy atom. The van der Waals surface area contributed by atoms with Crippen LogP contribution in [0.25, 0.3) is 0 Å². The molecule has 0 unspecified atom stereocenters. The van der Waals surface area contributed by atoms with E-state index in [1.54, 1.807) is 11.8 Å². The van der Waals surface area contributed by atoms with Crippen LogP contribution in [0, 0.1) is 0 Å². The van der Waals surface area contributed by atoms with Crippen molar-refractivity contribution in [3.05, 3.63) is 29.3 Å². The molecule has 1 N–H and O–H groups in total. The van der Waals surface area contributed by atoms with Crippen molar-refractivity contribution in [2.45, 2.75) is 30.7 Å². The number of carbonyl (C=O) groups excluding carboxylic acids is 2. The first-order valence-corrected chi connectivity index (χ1v) is 10.0. The normalized spacial score (nSPS) is 15.7. The van der Waals surface area contributed by atoms with E-state index in [1.165, 1.54) is 24.3 Å². The molecule has 1 saturated heterocycles. The minimum Gasteiger partial charge on any atom is -0.450 e. The van der Waals surface area contributed by atoms with Crippen molar-refractivity contribution in [3.8, 4) is 0 Å². The number of rotatable bonds is 5. The van der Waals surface area contributed by atoms with Crippen LogP contribution >= 0.6 is 11.6 Å². The maximum atomic E-state index is 12.2. The second kappa shape index (κ2) is 8.53. The number of nitrogens with one attached hydrogen (secondary N) is 1. The van der Waals surface area contributed by atoms with E-state index in [1.807, 2.05) is 0 Å². The summed E-state index contributed by atoms with van der Waals surface area (Å²) >= 11 is 5.74. The van der Waals surface area contributed by atoms with Gasteiger partial charge in [0, 0.05) is 24.2 Å². The van der Waals surface area contributed by atoms with Gasteiger partial charge in [-0.2, -0.15) is 0 Å². The van der Waals surface area contributed by atoms with E-state index in [0.717, 1.165) is 0 Å². The molecule has 9 heteroatoms. The first kappa shape index (κ1) is 19.5. The SMILES string of the molecule is CCOC(=O)N1CCC(NC(=O)CS(=O)(=O)c2ccc(Cl)cc2)CC1. The van der Waals surface area contributed by atoms with E-state index >= 15 is 0 Å². The van der Waals surface area contributed by atoms with Gasteiger partial charge in [0.15, 0.2) is 9.84 Å². The number of carbonyl (C=O) groups is 2. The molecule has 2 rings (SSSR count). The van der Waals surface area contributed by atoms with Gasteiger partial charge in [-0.1, -0.05) is 11.6 Å². The summed E-state index contributed by atoms with van der Waals surface area (Å²) in [7, 11) is -3.71. The predicted octanol–water partition coefficient (Wildman–Crippen LogP) is 1.85. The third kappa shape index (κ3) is 5.61. The Bertz CT molecular complexity index is 713. The van der Waals surface area contributed by atoms with Crippen LogP contribution in [-0.2, 0) is 19.4 Å². The number of piperidine rings is 1. The Balaban J connectivity index is 1.85. The number of ether oxygens (including phenoxy) is 1. The lowest BCUT2D eigenvalue weighted by Crippen LogP contribution is -2.47. The summed E-state index contributed by atoms with van der Waals surface area (Å²) in [5, 5.41) is 3.15. The van der Waals surface area contributed by atoms with Crippen molar-refractivity contribution >= 4 is 33.4 Å². The molecule has 0 aliphatic carbocycles. The fourth-order valence-corrected chi connectivity index (χ4v) is 3.86. The van der Waals surface area contributed by atoms with Gasteiger partial charge in [-0.05, 0) is 44.0 Å². The van der Waals surface area contributed by atoms with Gasteiger partial charge in [0.2, 0.25) is 5.91 Å². The third-order valence-electron chi connectivity index (χ3n) is 3.88. The summed E-state index contributed by atoms with van der Waals surface area (Å²) < 4.78 is 29.4. The average Bonchev–Trinajstić information content (AvgIpc) is 2.55. The summed E-state index contributed by atoms with van der Waals surface area (Å²) in [5.74, 6) is -1.17. The van der Waals surface area contributed by atoms with Gasteiger partial charge in [-0.3, -0.25) is 4.79 Å². The molecule has 2 amide bonds. The smallest absolute Gasteiger partial charge is 0.409 e. The largest absolute Gasteiger partial charge is 0.450 e. The fourth-order valence-electron chi connectivity index (χ4n) is 2.59. The number of nitrogens with zero attached hydrogens (tertiary/aromatic N) is 1. The van der Waals surface area contributed by atoms with Crippen molar-refractivity contribution in [1.29, 1.82) is 0 Å². The standard InChI is InChI=1S/C16H21ClN2O5S/c1-2-24-16(21)19-9-7-13(8-10-19)18-15(20)11-25(22,23)14-5-3-12(17)4-6-14/h3-6,13H,2,7-11H2,1H3,(H,18,20). The summed E-state index contributed by atoms with van der Waals surface area (Å²) in [5.41, 5.74) is 0. The molecule has 138 valence electrons. The molecule has 0 bridgehead atoms. The quantitative estimate of drug-likeness (QED) is 0.830. The second-order valence-electron chi connectivity index (χ2n) is 5.74. The zero-order chi connectivity index (χ0) is 18.4. The Hall–Kier alpha value is -1.80. The van der Waals surface area contributed by atoms with Gasteiger partial charge in [0.25, 0.3) is 0 Å². The summed E-state index contributed by atoms with van der Waals surface area (Å²) in [6, 6.07) is 5.54. The highest BCUT2D eigenvalue weighted by Gasteiger charge is 2.26. The Labute approximate surface area is 152 Å². The average molecular weight is 389 g/mol. The Morgan fingerprint density at radius 3 is 2.40 bits per heavy atom. The van der Waals surface area contributed by atoms with Crippen LogP contribution in [-0.4, -0.2) is 56.8 Å². The molecule has 0 atom stereocenters. The molecular formula is C16H21ClN2O5S. The van der Waals surface area contributed by atoms with Gasteiger partial charge in [-0.25, -0.2) is 13.2 Å². The predicted molar refractivity (Wildman–Crippen MR) is 93.3 cm³/mol. The van der Waals surface area contributed by atoms with Gasteiger partial charge in [0.1, 0.15) is 5.75 Å². The Morgan fingerprint density at radius 1 is 1.24 bits per heavy atom. The van der Waals surface area contributed by atoms with E-state index < -0.39 is 21.5 Å². The maximum absolute atomic E-state index is 12.2. The number of likely N-dealkylation sites (tertiary alicyclic amines) is 1. The molecule has 7 nitrogen and oxygen atoms in total. The first-order valence-electron chi connectivity index (χ1n) is 8.01. The zero-order valence-electron chi connectivity index (χ0n) is 13.9. The van der Waals surface area contributed by atoms with E-state index in [4.69, 9.17) is 16.3 Å². The van der Waals surface area contributed by atoms with Gasteiger partial charge in [-0.15, -0.1) is 0 Å². The topological polar surface area (TPSA) is 92.8 Å². The van der Waals surface area contributed by atoms with Crippen LogP contribution < -0.4 is 5.32 Å². The minimum absolute atomic E-state index is 0.0594. The van der Waals surface area contributed by atoms with Gasteiger partial charge >= 0.3 is 6.09 Å². The molecule has 0 radical (unpaired) electrons. The summed E-state index contributed by atoms with van der Waals surface area (Å²) in [4.78, 5) is 25.3. The molecule has 1 heterocycles. The van der Waals surface area contributed by atoms with E-state index in [0.29, 0.717) is 37.6 Å². The molecule has 1 aromatic rings. The van der Waals surface area contributed by atoms with Crippen molar-refractivity contribution in [2.24, 2.45) is 0 Å². The number of hydrogen-bond acceptors (Lipinski definition) is 5. The lowest BCUT2D eigenvalue weighted by Gasteiger charge is -2.31. The van der Waals surface area contributed by atoms with E-state index in [9.17, 15) is 18.0 Å². The molecule has 1 aromatic carbocycles. The maximum Gasteiger partial charge on any atom is 0.409 e. The molecule has 0 spiro atoms. The number of halogens is 1. The van der Waals surface area contributed by atoms with Gasteiger partial charge in [0.05, 0.1) is 11.5 Å². The molecular weight excluding hydrogens is 368 g/mol. The van der Waals surface area contributed by atoms with Crippen LogP contribution in [0.15, 0.2) is 29.2 Å². The Kier molecular flexibility index (Phi) is 6.66. The van der Waals surface area contributed by atoms with E-state index in [2.05, 4.69) is 5.32 Å². The first-order chi connectivity index (χ1) is 11.8. The monoisotopic (exact) mass is 388 g/mol. The number of sulfone groups is 1. The molecule has 0 saturated carbocycles. The highest BCUT2D eigenvalue weighted by atomic mass is 35.5. The highest BCUT2D eigenvalue weighted by Crippen LogP contribution is 2.16. The van der Waals surface area contributed by atoms with Crippen molar-refractivity contribution in [2.75, 3.05) is 25.4 Å². The van der Waals surface area contributed by atoms with Crippen molar-refractivity contribution in [3.63, 3.8) is 0 Å². The minimum atomic E-state index is -3.71. The molecule has 1 aliphatic rings. The van der Waals surface area contributed by atoms with E-state index in [-0.39, 0.29) is 17.0 Å². The number of hydrogen-bond donors (Lipinski definition) is 1. The van der Waals surface area contributed by atoms with Crippen LogP contribution in [0.3, 0.4) is 0 Å². The van der Waals surface area contributed by atoms with Crippen LogP contribution in [0.1, 0.15) is 19.8 Å². The molecule has 0 aromatic heterocycles. The van der Waals surface area contributed by atoms with Crippen molar-refractivity contribution < 1.29 is 22.7 Å². The zero-order valence-corrected chi connectivity index (χ0v) is 15.5. The van der Waals surface area contributed by atoms with Crippen LogP contribution in [0.2, 0.25) is 5.02 Å². The number of amides is 2. The summed E-state index contributed by atoms with van der Waals surface area (Å²) in [6.07, 6.45) is 0.759. The van der Waals surface area contributed by atoms with Crippen LogP contribution in [0.4, 0.5) is 4.79 Å². The molecule has 1 aliphatic heterocycles. The lowest BCUT2D eigenvalue weighted by molar-refractivity contribution is -0.119. The lowest BCUT2D eigenvalue weighted by atomic mass is 10.1. The van der Waals surface area contributed by atoms with Crippen LogP contribution in [0.5, 0.6) is 0 Å². The highest BCUT2D eigenvalue weighted by molar-refractivity contribution is 7.92. The third-order valence-corrected chi connectivity index (χ3v) is 5.76. The van der Waals surface area contributed by atoms with Crippen molar-refractivity contribution in [1.82, 2.24) is 10.2 Å². The fraction of sp³-hybridized carbons (Fsp3) is 0.500. The molecule has 25 heavy (non-hydrogen) atoms. The number of benzene rings is 1. The molecule has 1 fully saturated rings. The summed E-state index contributed by atoms with van der Waals surface area (Å²) in [6.45, 7) is 2.99. The van der Waals surface area contributed by atoms with Gasteiger partial charge < -0.3 is 15.0 Å². The second-order valence-corrected chi connectivity index (χ2v) is 8.17.